The van der Waals surface area contributed by atoms with Crippen LogP contribution in [0.25, 0.3) is 11.0 Å². The van der Waals surface area contributed by atoms with Crippen molar-refractivity contribution in [3.8, 4) is 0 Å². The molecule has 1 fully saturated rings. The molecule has 0 radical (unpaired) electrons. The van der Waals surface area contributed by atoms with E-state index in [1.54, 1.807) is 6.20 Å². The van der Waals surface area contributed by atoms with E-state index in [0.29, 0.717) is 5.92 Å². The molecule has 0 aromatic carbocycles. The highest BCUT2D eigenvalue weighted by Gasteiger charge is 2.26. The van der Waals surface area contributed by atoms with Gasteiger partial charge in [-0.05, 0) is 43.7 Å². The van der Waals surface area contributed by atoms with Crippen LogP contribution in [0.3, 0.4) is 0 Å². The molecule has 146 valence electrons. The first kappa shape index (κ1) is 24.0. The van der Waals surface area contributed by atoms with Gasteiger partial charge in [-0.25, -0.2) is 4.98 Å². The van der Waals surface area contributed by atoms with Gasteiger partial charge in [-0.2, -0.15) is 0 Å². The number of H-pyrrole nitrogens is 1. The Labute approximate surface area is 164 Å². The minimum atomic E-state index is 0. The van der Waals surface area contributed by atoms with Crippen LogP contribution in [0.2, 0.25) is 0 Å². The van der Waals surface area contributed by atoms with Crippen LogP contribution in [0.15, 0.2) is 24.5 Å². The minimum absolute atomic E-state index is 0. The number of nitrogens with zero attached hydrogens (tertiary/aromatic N) is 1. The lowest BCUT2D eigenvalue weighted by molar-refractivity contribution is -0.121. The van der Waals surface area contributed by atoms with Gasteiger partial charge in [-0.3, -0.25) is 10.2 Å². The van der Waals surface area contributed by atoms with Gasteiger partial charge in [-0.1, -0.05) is 0 Å². The van der Waals surface area contributed by atoms with E-state index in [1.807, 2.05) is 18.3 Å². The van der Waals surface area contributed by atoms with E-state index in [-0.39, 0.29) is 48.1 Å². The van der Waals surface area contributed by atoms with Gasteiger partial charge in [0.25, 0.3) is 0 Å². The van der Waals surface area contributed by atoms with Crippen LogP contribution in [0, 0.1) is 17.2 Å². The van der Waals surface area contributed by atoms with Crippen LogP contribution in [-0.2, 0) is 4.79 Å². The maximum Gasteiger partial charge on any atom is 0.227 e. The van der Waals surface area contributed by atoms with E-state index in [2.05, 4.69) is 20.6 Å². The second-order valence-electron chi connectivity index (χ2n) is 6.10. The summed E-state index contributed by atoms with van der Waals surface area (Å²) in [5, 5.41) is 14.0. The number of guanidine groups is 1. The van der Waals surface area contributed by atoms with Crippen molar-refractivity contribution < 1.29 is 10.3 Å². The zero-order valence-corrected chi connectivity index (χ0v) is 15.9. The molecule has 0 bridgehead atoms. The van der Waals surface area contributed by atoms with Gasteiger partial charge >= 0.3 is 0 Å². The number of amides is 1. The number of fused-ring (bicyclic) bond motifs is 1. The van der Waals surface area contributed by atoms with Crippen LogP contribution >= 0.6 is 24.8 Å². The molecular weight excluding hydrogens is 379 g/mol. The quantitative estimate of drug-likeness (QED) is 0.389. The predicted octanol–water partition coefficient (Wildman–Crippen LogP) is 1.81. The van der Waals surface area contributed by atoms with Crippen molar-refractivity contribution in [1.29, 1.82) is 5.41 Å². The second-order valence-corrected chi connectivity index (χ2v) is 6.10. The fourth-order valence-electron chi connectivity index (χ4n) is 3.19. The smallest absolute Gasteiger partial charge is 0.227 e. The number of halogens is 2. The molecule has 2 heterocycles. The highest BCUT2D eigenvalue weighted by Crippen LogP contribution is 2.30. The van der Waals surface area contributed by atoms with E-state index < -0.39 is 0 Å². The first-order valence-corrected chi connectivity index (χ1v) is 7.94. The Bertz CT molecular complexity index is 716. The molecule has 1 amide bonds. The van der Waals surface area contributed by atoms with Crippen LogP contribution < -0.4 is 16.4 Å². The summed E-state index contributed by atoms with van der Waals surface area (Å²) in [5.41, 5.74) is 6.89. The zero-order valence-electron chi connectivity index (χ0n) is 14.2. The molecule has 0 aliphatic heterocycles. The van der Waals surface area contributed by atoms with Gasteiger partial charge in [-0.15, -0.1) is 24.8 Å². The van der Waals surface area contributed by atoms with Gasteiger partial charge in [0.15, 0.2) is 5.96 Å². The normalized spacial score (nSPS) is 18.6. The molecule has 0 atom stereocenters. The maximum absolute atomic E-state index is 12.5. The van der Waals surface area contributed by atoms with Crippen LogP contribution in [-0.4, -0.2) is 33.9 Å². The molecule has 8 N–H and O–H groups in total. The molecule has 0 spiro atoms. The number of hydrogen-bond acceptors (Lipinski definition) is 3. The van der Waals surface area contributed by atoms with Crippen LogP contribution in [0.1, 0.15) is 25.7 Å². The zero-order chi connectivity index (χ0) is 16.2. The molecule has 0 unspecified atom stereocenters. The van der Waals surface area contributed by atoms with Crippen molar-refractivity contribution in [3.63, 3.8) is 0 Å². The number of aromatic amines is 1. The molecule has 2 aromatic rings. The monoisotopic (exact) mass is 404 g/mol. The van der Waals surface area contributed by atoms with Gasteiger partial charge in [0.1, 0.15) is 5.65 Å². The SMILES string of the molecule is Cl.Cl.N=C(N)NC[C@H]1CC[C@H](C(=O)Nc2ccnc3[nH]ccc23)CC1.O. The molecule has 26 heavy (non-hydrogen) atoms. The van der Waals surface area contributed by atoms with Crippen molar-refractivity contribution in [2.45, 2.75) is 25.7 Å². The lowest BCUT2D eigenvalue weighted by Crippen LogP contribution is -2.36. The topological polar surface area (TPSA) is 151 Å². The minimum Gasteiger partial charge on any atom is -0.412 e. The van der Waals surface area contributed by atoms with Crippen LogP contribution in [0.4, 0.5) is 5.69 Å². The molecule has 1 aliphatic carbocycles. The fraction of sp³-hybridized carbons (Fsp3) is 0.438. The Morgan fingerprint density at radius 2 is 1.96 bits per heavy atom. The molecule has 3 rings (SSSR count). The predicted molar refractivity (Wildman–Crippen MR) is 108 cm³/mol. The van der Waals surface area contributed by atoms with Gasteiger partial charge < -0.3 is 26.8 Å². The summed E-state index contributed by atoms with van der Waals surface area (Å²) >= 11 is 0. The van der Waals surface area contributed by atoms with Crippen molar-refractivity contribution in [2.75, 3.05) is 11.9 Å². The summed E-state index contributed by atoms with van der Waals surface area (Å²) < 4.78 is 0. The first-order valence-electron chi connectivity index (χ1n) is 7.94. The molecule has 2 aromatic heterocycles. The van der Waals surface area contributed by atoms with Gasteiger partial charge in [0.05, 0.1) is 5.69 Å². The van der Waals surface area contributed by atoms with Crippen molar-refractivity contribution in [3.05, 3.63) is 24.5 Å². The number of carbonyl (C=O) groups is 1. The summed E-state index contributed by atoms with van der Waals surface area (Å²) in [5.74, 6) is 0.626. The fourth-order valence-corrected chi connectivity index (χ4v) is 3.19. The van der Waals surface area contributed by atoms with Crippen molar-refractivity contribution >= 4 is 53.4 Å². The number of nitrogens with two attached hydrogens (primary N) is 1. The number of anilines is 1. The Balaban J connectivity index is 0.00000208. The van der Waals surface area contributed by atoms with E-state index in [0.717, 1.165) is 48.9 Å². The lowest BCUT2D eigenvalue weighted by Gasteiger charge is -2.28. The van der Waals surface area contributed by atoms with Crippen molar-refractivity contribution in [1.82, 2.24) is 15.3 Å². The maximum atomic E-state index is 12.5. The second kappa shape index (κ2) is 10.8. The molecule has 10 heteroatoms. The van der Waals surface area contributed by atoms with Crippen molar-refractivity contribution in [2.24, 2.45) is 17.6 Å². The number of pyridine rings is 1. The van der Waals surface area contributed by atoms with Gasteiger partial charge in [0, 0.05) is 30.2 Å². The third kappa shape index (κ3) is 5.76. The van der Waals surface area contributed by atoms with Gasteiger partial charge in [0.2, 0.25) is 5.91 Å². The molecular formula is C16H26Cl2N6O2. The molecule has 0 saturated heterocycles. The number of hydrogen-bond donors (Lipinski definition) is 5. The van der Waals surface area contributed by atoms with E-state index >= 15 is 0 Å². The average molecular weight is 405 g/mol. The number of nitrogens with one attached hydrogen (secondary N) is 4. The Kier molecular flexibility index (Phi) is 10.0. The number of rotatable bonds is 4. The van der Waals surface area contributed by atoms with E-state index in [1.165, 1.54) is 0 Å². The third-order valence-corrected chi connectivity index (χ3v) is 4.52. The molecule has 1 aliphatic rings. The first-order chi connectivity index (χ1) is 11.1. The Morgan fingerprint density at radius 1 is 1.27 bits per heavy atom. The summed E-state index contributed by atoms with van der Waals surface area (Å²) in [6.07, 6.45) is 7.22. The summed E-state index contributed by atoms with van der Waals surface area (Å²) in [6, 6.07) is 3.75. The standard InChI is InChI=1S/C16H22N6O.2ClH.H2O/c17-16(18)21-9-10-1-3-11(4-2-10)15(23)22-13-6-8-20-14-12(13)5-7-19-14;;;/h5-8,10-11H,1-4,9H2,(H4,17,18,21)(H2,19,20,22,23);2*1H;1H2/t10-,11-;;;. The largest absolute Gasteiger partial charge is 0.412 e. The summed E-state index contributed by atoms with van der Waals surface area (Å²) in [7, 11) is 0. The third-order valence-electron chi connectivity index (χ3n) is 4.52. The Hall–Kier alpha value is -2.03. The number of aromatic nitrogens is 2. The number of carbonyl (C=O) groups excluding carboxylic acids is 1. The highest BCUT2D eigenvalue weighted by atomic mass is 35.5. The van der Waals surface area contributed by atoms with E-state index in [9.17, 15) is 4.79 Å². The van der Waals surface area contributed by atoms with E-state index in [4.69, 9.17) is 11.1 Å². The Morgan fingerprint density at radius 3 is 2.62 bits per heavy atom. The average Bonchev–Trinajstić information content (AvgIpc) is 3.03. The molecule has 1 saturated carbocycles. The summed E-state index contributed by atoms with van der Waals surface area (Å²) in [4.78, 5) is 19.8. The van der Waals surface area contributed by atoms with Crippen LogP contribution in [0.5, 0.6) is 0 Å². The molecule has 8 nitrogen and oxygen atoms in total. The highest BCUT2D eigenvalue weighted by molar-refractivity contribution is 6.00. The summed E-state index contributed by atoms with van der Waals surface area (Å²) in [6.45, 7) is 0.720. The lowest BCUT2D eigenvalue weighted by atomic mass is 9.81.